The van der Waals surface area contributed by atoms with Crippen LogP contribution in [0, 0.1) is 5.92 Å². The lowest BCUT2D eigenvalue weighted by atomic mass is 9.88. The van der Waals surface area contributed by atoms with E-state index < -0.39 is 12.0 Å². The van der Waals surface area contributed by atoms with Crippen molar-refractivity contribution in [1.29, 1.82) is 0 Å². The summed E-state index contributed by atoms with van der Waals surface area (Å²) < 4.78 is 4.97. The number of hydrogen-bond acceptors (Lipinski definition) is 5. The molecule has 0 aromatic heterocycles. The third-order valence-electron chi connectivity index (χ3n) is 6.24. The van der Waals surface area contributed by atoms with Crippen molar-refractivity contribution in [3.63, 3.8) is 0 Å². The molecule has 2 saturated carbocycles. The number of amides is 3. The minimum atomic E-state index is -0.718. The highest BCUT2D eigenvalue weighted by atomic mass is 16.5. The lowest BCUT2D eigenvalue weighted by Gasteiger charge is -2.32. The molecule has 30 heavy (non-hydrogen) atoms. The first-order chi connectivity index (χ1) is 14.5. The standard InChI is InChI=1S/C23H28N2O5/c1-2-30-23(29)16-8-10-18(11-9-16)25-20(26)14-19(22(25)28)24(17-12-13-17)21(27)15-6-4-3-5-7-15/h8-11,15,17,19H,2-7,12-14H2,1H3. The van der Waals surface area contributed by atoms with Gasteiger partial charge in [0.15, 0.2) is 0 Å². The van der Waals surface area contributed by atoms with Crippen molar-refractivity contribution in [2.24, 2.45) is 5.92 Å². The highest BCUT2D eigenvalue weighted by molar-refractivity contribution is 6.23. The average molecular weight is 412 g/mol. The lowest BCUT2D eigenvalue weighted by Crippen LogP contribution is -2.49. The van der Waals surface area contributed by atoms with Gasteiger partial charge in [-0.05, 0) is 56.9 Å². The topological polar surface area (TPSA) is 84.0 Å². The van der Waals surface area contributed by atoms with Crippen molar-refractivity contribution in [3.05, 3.63) is 29.8 Å². The number of carbonyl (C=O) groups is 4. The molecule has 1 saturated heterocycles. The first kappa shape index (κ1) is 20.6. The SMILES string of the molecule is CCOC(=O)c1ccc(N2C(=O)CC(N(C(=O)C3CCCCC3)C3CC3)C2=O)cc1. The Hall–Kier alpha value is -2.70. The molecule has 2 aliphatic carbocycles. The number of nitrogens with zero attached hydrogens (tertiary/aromatic N) is 2. The van der Waals surface area contributed by atoms with E-state index in [4.69, 9.17) is 4.74 Å². The van der Waals surface area contributed by atoms with Crippen LogP contribution in [0.4, 0.5) is 5.69 Å². The largest absolute Gasteiger partial charge is 0.462 e. The molecule has 1 aromatic carbocycles. The lowest BCUT2D eigenvalue weighted by molar-refractivity contribution is -0.143. The van der Waals surface area contributed by atoms with Gasteiger partial charge in [0.1, 0.15) is 6.04 Å². The Kier molecular flexibility index (Phi) is 5.88. The number of anilines is 1. The van der Waals surface area contributed by atoms with Crippen LogP contribution in [0.25, 0.3) is 0 Å². The van der Waals surface area contributed by atoms with Gasteiger partial charge in [0.2, 0.25) is 11.8 Å². The van der Waals surface area contributed by atoms with E-state index in [2.05, 4.69) is 0 Å². The van der Waals surface area contributed by atoms with Crippen LogP contribution in [0.15, 0.2) is 24.3 Å². The fourth-order valence-electron chi connectivity index (χ4n) is 4.57. The molecule has 0 N–H and O–H groups in total. The molecule has 0 bridgehead atoms. The van der Waals surface area contributed by atoms with Crippen molar-refractivity contribution in [1.82, 2.24) is 4.90 Å². The summed E-state index contributed by atoms with van der Waals surface area (Å²) in [6.45, 7) is 2.01. The molecule has 0 radical (unpaired) electrons. The van der Waals surface area contributed by atoms with Crippen LogP contribution in [0.3, 0.4) is 0 Å². The molecule has 4 rings (SSSR count). The van der Waals surface area contributed by atoms with Crippen LogP contribution in [-0.4, -0.2) is 47.3 Å². The van der Waals surface area contributed by atoms with Gasteiger partial charge in [-0.3, -0.25) is 14.4 Å². The molecule has 1 heterocycles. The number of imide groups is 1. The number of hydrogen-bond donors (Lipinski definition) is 0. The van der Waals surface area contributed by atoms with E-state index in [-0.39, 0.29) is 42.7 Å². The Balaban J connectivity index is 1.52. The van der Waals surface area contributed by atoms with Crippen molar-refractivity contribution in [2.45, 2.75) is 70.4 Å². The van der Waals surface area contributed by atoms with Gasteiger partial charge in [0, 0.05) is 12.0 Å². The Labute approximate surface area is 176 Å². The highest BCUT2D eigenvalue weighted by Gasteiger charge is 2.49. The van der Waals surface area contributed by atoms with E-state index in [9.17, 15) is 19.2 Å². The Morgan fingerprint density at radius 2 is 1.70 bits per heavy atom. The summed E-state index contributed by atoms with van der Waals surface area (Å²) in [7, 11) is 0. The molecule has 1 unspecified atom stereocenters. The summed E-state index contributed by atoms with van der Waals surface area (Å²) in [5.74, 6) is -1.09. The van der Waals surface area contributed by atoms with Crippen LogP contribution in [0.5, 0.6) is 0 Å². The van der Waals surface area contributed by atoms with E-state index >= 15 is 0 Å². The maximum Gasteiger partial charge on any atom is 0.338 e. The maximum absolute atomic E-state index is 13.2. The maximum atomic E-state index is 13.2. The van der Waals surface area contributed by atoms with E-state index in [1.54, 1.807) is 36.1 Å². The van der Waals surface area contributed by atoms with Crippen LogP contribution in [-0.2, 0) is 19.1 Å². The van der Waals surface area contributed by atoms with Gasteiger partial charge in [-0.15, -0.1) is 0 Å². The van der Waals surface area contributed by atoms with Crippen LogP contribution < -0.4 is 4.90 Å². The minimum Gasteiger partial charge on any atom is -0.462 e. The van der Waals surface area contributed by atoms with Gasteiger partial charge in [-0.1, -0.05) is 19.3 Å². The van der Waals surface area contributed by atoms with Crippen LogP contribution in [0.1, 0.15) is 68.6 Å². The molecule has 7 nitrogen and oxygen atoms in total. The third-order valence-corrected chi connectivity index (χ3v) is 6.24. The predicted molar refractivity (Wildman–Crippen MR) is 110 cm³/mol. The van der Waals surface area contributed by atoms with Gasteiger partial charge in [-0.2, -0.15) is 0 Å². The highest BCUT2D eigenvalue weighted by Crippen LogP contribution is 2.37. The average Bonchev–Trinajstić information content (AvgIpc) is 3.55. The summed E-state index contributed by atoms with van der Waals surface area (Å²) in [4.78, 5) is 53.9. The summed E-state index contributed by atoms with van der Waals surface area (Å²) in [6.07, 6.45) is 6.80. The second-order valence-corrected chi connectivity index (χ2v) is 8.37. The fraction of sp³-hybridized carbons (Fsp3) is 0.565. The number of carbonyl (C=O) groups excluding carboxylic acids is 4. The molecule has 160 valence electrons. The summed E-state index contributed by atoms with van der Waals surface area (Å²) >= 11 is 0. The quantitative estimate of drug-likeness (QED) is 0.530. The summed E-state index contributed by atoms with van der Waals surface area (Å²) in [5, 5.41) is 0. The van der Waals surface area contributed by atoms with Crippen LogP contribution >= 0.6 is 0 Å². The summed E-state index contributed by atoms with van der Waals surface area (Å²) in [6, 6.07) is 5.61. The number of rotatable bonds is 6. The van der Waals surface area contributed by atoms with Gasteiger partial charge in [0.05, 0.1) is 24.3 Å². The zero-order valence-corrected chi connectivity index (χ0v) is 17.3. The molecule has 3 fully saturated rings. The second kappa shape index (κ2) is 8.58. The number of benzene rings is 1. The van der Waals surface area contributed by atoms with Crippen molar-refractivity contribution >= 4 is 29.4 Å². The van der Waals surface area contributed by atoms with Crippen molar-refractivity contribution in [2.75, 3.05) is 11.5 Å². The summed E-state index contributed by atoms with van der Waals surface area (Å²) in [5.41, 5.74) is 0.782. The third kappa shape index (κ3) is 3.98. The molecule has 1 aliphatic heterocycles. The molecule has 3 amide bonds. The first-order valence-corrected chi connectivity index (χ1v) is 11.0. The van der Waals surface area contributed by atoms with Crippen molar-refractivity contribution < 1.29 is 23.9 Å². The molecule has 0 spiro atoms. The molecule has 1 aromatic rings. The zero-order chi connectivity index (χ0) is 21.3. The monoisotopic (exact) mass is 412 g/mol. The van der Waals surface area contributed by atoms with Gasteiger partial charge in [0.25, 0.3) is 5.91 Å². The van der Waals surface area contributed by atoms with Crippen molar-refractivity contribution in [3.8, 4) is 0 Å². The Morgan fingerprint density at radius 1 is 1.03 bits per heavy atom. The molecule has 1 atom stereocenters. The molecule has 7 heteroatoms. The fourth-order valence-corrected chi connectivity index (χ4v) is 4.57. The van der Waals surface area contributed by atoms with E-state index in [0.717, 1.165) is 49.8 Å². The predicted octanol–water partition coefficient (Wildman–Crippen LogP) is 3.07. The van der Waals surface area contributed by atoms with E-state index in [1.807, 2.05) is 0 Å². The Morgan fingerprint density at radius 3 is 2.30 bits per heavy atom. The minimum absolute atomic E-state index is 0.0213. The molecular formula is C23H28N2O5. The van der Waals surface area contributed by atoms with Gasteiger partial charge in [-0.25, -0.2) is 9.69 Å². The van der Waals surface area contributed by atoms with E-state index in [0.29, 0.717) is 11.3 Å². The van der Waals surface area contributed by atoms with Gasteiger partial charge >= 0.3 is 5.97 Å². The van der Waals surface area contributed by atoms with E-state index in [1.165, 1.54) is 0 Å². The van der Waals surface area contributed by atoms with Crippen LogP contribution in [0.2, 0.25) is 0 Å². The normalized spacial score (nSPS) is 22.3. The Bertz CT molecular complexity index is 840. The molecule has 3 aliphatic rings. The zero-order valence-electron chi connectivity index (χ0n) is 17.3. The smallest absolute Gasteiger partial charge is 0.338 e. The second-order valence-electron chi connectivity index (χ2n) is 8.37. The van der Waals surface area contributed by atoms with Gasteiger partial charge < -0.3 is 9.64 Å². The first-order valence-electron chi connectivity index (χ1n) is 11.0. The number of ether oxygens (including phenoxy) is 1. The molecular weight excluding hydrogens is 384 g/mol. The number of esters is 1.